The third-order valence-corrected chi connectivity index (χ3v) is 13.5. The summed E-state index contributed by atoms with van der Waals surface area (Å²) in [5, 5.41) is 7.80. The smallest absolute Gasteiger partial charge is 0.139 e. The second-order valence-corrected chi connectivity index (χ2v) is 17.3. The summed E-state index contributed by atoms with van der Waals surface area (Å²) in [6, 6.07) is 73.4. The Morgan fingerprint density at radius 1 is 0.441 bits per heavy atom. The van der Waals surface area contributed by atoms with Crippen molar-refractivity contribution in [2.45, 2.75) is 59.0 Å². The van der Waals surface area contributed by atoms with Crippen molar-refractivity contribution in [3.63, 3.8) is 0 Å². The summed E-state index contributed by atoms with van der Waals surface area (Å²) >= 11 is 0. The summed E-state index contributed by atoms with van der Waals surface area (Å²) < 4.78 is 5.79. The Morgan fingerprint density at radius 3 is 1.53 bits per heavy atom. The zero-order valence-electron chi connectivity index (χ0n) is 39.7. The van der Waals surface area contributed by atoms with Crippen LogP contribution in [0.15, 0.2) is 211 Å². The molecule has 0 unspecified atom stereocenters. The Hall–Kier alpha value is -7.63. The molecule has 2 aliphatic carbocycles. The van der Waals surface area contributed by atoms with E-state index < -0.39 is 0 Å². The molecule has 0 fully saturated rings. The second-order valence-electron chi connectivity index (χ2n) is 17.3. The number of fused-ring (bicyclic) bond motifs is 13. The lowest BCUT2D eigenvalue weighted by Crippen LogP contribution is -2.25. The lowest BCUT2D eigenvalue weighted by atomic mass is 9.70. The van der Waals surface area contributed by atoms with Crippen molar-refractivity contribution in [2.75, 3.05) is 0 Å². The van der Waals surface area contributed by atoms with Gasteiger partial charge in [0.1, 0.15) is 11.2 Å². The molecule has 1 aromatic heterocycles. The zero-order chi connectivity index (χ0) is 47.6. The van der Waals surface area contributed by atoms with Gasteiger partial charge in [0, 0.05) is 29.4 Å². The van der Waals surface area contributed by atoms with Gasteiger partial charge in [0.05, 0.1) is 5.41 Å². The van der Waals surface area contributed by atoms with Crippen LogP contribution in [0.1, 0.15) is 69.0 Å². The fourth-order valence-corrected chi connectivity index (χ4v) is 10.2. The number of hydrogen-bond acceptors (Lipinski definition) is 4. The maximum atomic E-state index is 5.79. The molecule has 0 amide bonds. The zero-order valence-corrected chi connectivity index (χ0v) is 39.7. The van der Waals surface area contributed by atoms with E-state index in [2.05, 4.69) is 180 Å². The van der Waals surface area contributed by atoms with Crippen molar-refractivity contribution in [2.24, 2.45) is 11.5 Å². The lowest BCUT2D eigenvalue weighted by molar-refractivity contribution is 0.663. The van der Waals surface area contributed by atoms with E-state index >= 15 is 0 Å². The van der Waals surface area contributed by atoms with E-state index in [-0.39, 0.29) is 5.41 Å². The van der Waals surface area contributed by atoms with Crippen LogP contribution in [0.2, 0.25) is 0 Å². The van der Waals surface area contributed by atoms with Gasteiger partial charge in [-0.25, -0.2) is 0 Å². The molecular weight excluding hydrogens is 827 g/mol. The van der Waals surface area contributed by atoms with Crippen LogP contribution in [0.5, 0.6) is 0 Å². The molecule has 0 saturated heterocycles. The number of para-hydroxylation sites is 2. The van der Waals surface area contributed by atoms with E-state index in [4.69, 9.17) is 21.3 Å². The monoisotopic (exact) mass is 887 g/mol. The van der Waals surface area contributed by atoms with Crippen LogP contribution < -0.4 is 11.5 Å². The van der Waals surface area contributed by atoms with Gasteiger partial charge in [-0.3, -0.25) is 0 Å². The number of benzene rings is 9. The van der Waals surface area contributed by atoms with Crippen molar-refractivity contribution in [1.29, 1.82) is 5.41 Å². The molecule has 1 heterocycles. The SMILES string of the molecule is C=N.CCCc1ccccc1-c1ccc2c(c1C)-c1ccccc1C21c2ccccc2-c2ccccc21.Cc1ccccc1C.NCc1cccc2c1oc1ccccc12.NCc1ccccc1. The third kappa shape index (κ3) is 8.73. The van der Waals surface area contributed by atoms with Gasteiger partial charge in [-0.15, -0.1) is 0 Å². The average molecular weight is 888 g/mol. The summed E-state index contributed by atoms with van der Waals surface area (Å²) in [6.07, 6.45) is 2.26. The van der Waals surface area contributed by atoms with Gasteiger partial charge >= 0.3 is 0 Å². The first kappa shape index (κ1) is 46.9. The molecule has 2 aliphatic rings. The molecular formula is C64H61N3O. The van der Waals surface area contributed by atoms with E-state index in [0.717, 1.165) is 40.3 Å². The Kier molecular flexibility index (Phi) is 14.7. The summed E-state index contributed by atoms with van der Waals surface area (Å²) in [5.74, 6) is 0. The van der Waals surface area contributed by atoms with Crippen molar-refractivity contribution in [3.8, 4) is 33.4 Å². The molecule has 0 aliphatic heterocycles. The molecule has 12 rings (SSSR count). The number of nitrogens with one attached hydrogen (secondary N) is 1. The van der Waals surface area contributed by atoms with Gasteiger partial charge in [0.25, 0.3) is 0 Å². The average Bonchev–Trinajstić information content (AvgIpc) is 4.04. The highest BCUT2D eigenvalue weighted by atomic mass is 16.3. The lowest BCUT2D eigenvalue weighted by Gasteiger charge is -2.30. The van der Waals surface area contributed by atoms with Crippen molar-refractivity contribution >= 4 is 28.7 Å². The van der Waals surface area contributed by atoms with Gasteiger partial charge in [0.2, 0.25) is 0 Å². The van der Waals surface area contributed by atoms with Crippen LogP contribution in [0.25, 0.3) is 55.3 Å². The second kappa shape index (κ2) is 21.3. The molecule has 0 bridgehead atoms. The maximum absolute atomic E-state index is 5.79. The number of rotatable bonds is 5. The standard InChI is InChI=1S/C35H28.C13H11NO.C8H10.C7H9N.CH3N/c1-3-12-24-13-4-5-14-26(24)25-21-22-33-34(23(25)2)29-17-8-11-20-32(29)35(33)30-18-9-6-15-27(30)28-16-7-10-19-31(28)35;14-8-9-4-3-6-11-10-5-1-2-7-12(10)15-13(9)11;1-7-5-3-4-6-8(7)2;8-6-7-4-2-1-3-5-7;1-2/h4-11,13-22H,3,12H2,1-2H3;1-7H,8,14H2;3-6H,1-2H3;1-5H,6,8H2;2H,1H2. The highest BCUT2D eigenvalue weighted by Gasteiger charge is 2.51. The molecule has 0 radical (unpaired) electrons. The predicted octanol–water partition coefficient (Wildman–Crippen LogP) is 15.7. The van der Waals surface area contributed by atoms with Gasteiger partial charge in [-0.1, -0.05) is 214 Å². The first-order valence-corrected chi connectivity index (χ1v) is 23.6. The molecule has 5 N–H and O–H groups in total. The van der Waals surface area contributed by atoms with Gasteiger partial charge in [-0.2, -0.15) is 0 Å². The number of aryl methyl sites for hydroxylation is 3. The molecule has 338 valence electrons. The Morgan fingerprint density at radius 2 is 0.941 bits per heavy atom. The van der Waals surface area contributed by atoms with E-state index in [1.54, 1.807) is 0 Å². The Balaban J connectivity index is 0.000000154. The van der Waals surface area contributed by atoms with Gasteiger partial charge in [0.15, 0.2) is 0 Å². The molecule has 4 heteroatoms. The normalized spacial score (nSPS) is 11.9. The fourth-order valence-electron chi connectivity index (χ4n) is 10.2. The van der Waals surface area contributed by atoms with Crippen molar-refractivity contribution in [3.05, 3.63) is 262 Å². The van der Waals surface area contributed by atoms with Crippen LogP contribution in [-0.2, 0) is 24.9 Å². The molecule has 0 saturated carbocycles. The number of hydrogen-bond donors (Lipinski definition) is 3. The summed E-state index contributed by atoms with van der Waals surface area (Å²) in [6.45, 7) is 12.5. The van der Waals surface area contributed by atoms with E-state index in [9.17, 15) is 0 Å². The maximum Gasteiger partial charge on any atom is 0.139 e. The largest absolute Gasteiger partial charge is 0.456 e. The Bertz CT molecular complexity index is 3240. The topological polar surface area (TPSA) is 89.0 Å². The quantitative estimate of drug-likeness (QED) is 0.150. The first-order chi connectivity index (χ1) is 33.4. The molecule has 0 atom stereocenters. The van der Waals surface area contributed by atoms with Crippen LogP contribution >= 0.6 is 0 Å². The van der Waals surface area contributed by atoms with Crippen LogP contribution in [0, 0.1) is 26.2 Å². The summed E-state index contributed by atoms with van der Waals surface area (Å²) in [7, 11) is 0. The van der Waals surface area contributed by atoms with E-state index in [0.29, 0.717) is 13.1 Å². The minimum atomic E-state index is -0.259. The van der Waals surface area contributed by atoms with E-state index in [1.165, 1.54) is 83.5 Å². The van der Waals surface area contributed by atoms with Crippen LogP contribution in [0.3, 0.4) is 0 Å². The molecule has 10 aromatic rings. The number of nitrogens with two attached hydrogens (primary N) is 2. The molecule has 1 spiro atoms. The highest BCUT2D eigenvalue weighted by Crippen LogP contribution is 2.63. The van der Waals surface area contributed by atoms with Gasteiger partial charge < -0.3 is 21.3 Å². The Labute approximate surface area is 402 Å². The summed E-state index contributed by atoms with van der Waals surface area (Å²) in [5.41, 5.74) is 34.3. The van der Waals surface area contributed by atoms with Crippen molar-refractivity contribution < 1.29 is 4.42 Å². The number of furan rings is 1. The molecule has 4 nitrogen and oxygen atoms in total. The highest BCUT2D eigenvalue weighted by molar-refractivity contribution is 6.05. The van der Waals surface area contributed by atoms with Gasteiger partial charge in [-0.05, 0) is 123 Å². The van der Waals surface area contributed by atoms with E-state index in [1.807, 2.05) is 60.7 Å². The van der Waals surface area contributed by atoms with Crippen LogP contribution in [-0.4, -0.2) is 6.72 Å². The predicted molar refractivity (Wildman–Crippen MR) is 289 cm³/mol. The minimum absolute atomic E-state index is 0.259. The van der Waals surface area contributed by atoms with Crippen LogP contribution in [0.4, 0.5) is 0 Å². The molecule has 9 aromatic carbocycles. The summed E-state index contributed by atoms with van der Waals surface area (Å²) in [4.78, 5) is 0. The fraction of sp³-hybridized carbons (Fsp3) is 0.141. The third-order valence-electron chi connectivity index (χ3n) is 13.5. The first-order valence-electron chi connectivity index (χ1n) is 23.6. The minimum Gasteiger partial charge on any atom is -0.456 e. The molecule has 68 heavy (non-hydrogen) atoms. The van der Waals surface area contributed by atoms with Crippen molar-refractivity contribution in [1.82, 2.24) is 0 Å².